The van der Waals surface area contributed by atoms with E-state index in [1.807, 2.05) is 0 Å². The van der Waals surface area contributed by atoms with Gasteiger partial charge in [-0.15, -0.1) is 0 Å². The molecule has 1 atom stereocenters. The van der Waals surface area contributed by atoms with Crippen LogP contribution in [-0.4, -0.2) is 49.7 Å². The van der Waals surface area contributed by atoms with E-state index in [4.69, 9.17) is 4.74 Å². The number of carbonyl (C=O) groups is 1. The quantitative estimate of drug-likeness (QED) is 0.644. The number of nitrogens with zero attached hydrogens (tertiary/aromatic N) is 1. The molecule has 4 nitrogen and oxygen atoms in total. The van der Waals surface area contributed by atoms with E-state index in [1.165, 1.54) is 0 Å². The molecule has 0 aromatic heterocycles. The van der Waals surface area contributed by atoms with Gasteiger partial charge in [0.2, 0.25) is 5.91 Å². The Morgan fingerprint density at radius 3 is 2.93 bits per heavy atom. The fraction of sp³-hybridized carbons (Fsp3) is 0.900. The van der Waals surface area contributed by atoms with Gasteiger partial charge in [-0.3, -0.25) is 9.69 Å². The fourth-order valence-corrected chi connectivity index (χ4v) is 2.21. The van der Waals surface area contributed by atoms with Crippen LogP contribution < -0.4 is 5.32 Å². The van der Waals surface area contributed by atoms with Gasteiger partial charge in [0.15, 0.2) is 0 Å². The molecule has 80 valence electrons. The minimum Gasteiger partial charge on any atom is -0.379 e. The molecule has 0 bridgehead atoms. The van der Waals surface area contributed by atoms with Crippen molar-refractivity contribution in [3.63, 3.8) is 0 Å². The third-order valence-corrected chi connectivity index (χ3v) is 3.02. The molecule has 0 radical (unpaired) electrons. The highest BCUT2D eigenvalue weighted by atomic mass is 16.5. The summed E-state index contributed by atoms with van der Waals surface area (Å²) in [5.41, 5.74) is 0. The summed E-state index contributed by atoms with van der Waals surface area (Å²) in [6, 6.07) is 0.446. The number of hydrogen-bond donors (Lipinski definition) is 1. The smallest absolute Gasteiger partial charge is 0.221 e. The lowest BCUT2D eigenvalue weighted by Gasteiger charge is -2.33. The zero-order chi connectivity index (χ0) is 9.80. The molecule has 0 spiro atoms. The van der Waals surface area contributed by atoms with Crippen LogP contribution in [0.4, 0.5) is 0 Å². The largest absolute Gasteiger partial charge is 0.379 e. The van der Waals surface area contributed by atoms with E-state index in [-0.39, 0.29) is 5.91 Å². The Labute approximate surface area is 84.6 Å². The standard InChI is InChI=1S/C10H18N2O2/c13-10-8-9(2-1-3-11-10)12-4-6-14-7-5-12/h9H,1-8H2,(H,11,13). The van der Waals surface area contributed by atoms with Gasteiger partial charge >= 0.3 is 0 Å². The lowest BCUT2D eigenvalue weighted by molar-refractivity contribution is -0.122. The third kappa shape index (κ3) is 2.45. The van der Waals surface area contributed by atoms with Crippen LogP contribution in [0.25, 0.3) is 0 Å². The lowest BCUT2D eigenvalue weighted by atomic mass is 10.1. The average molecular weight is 198 g/mol. The maximum absolute atomic E-state index is 11.4. The van der Waals surface area contributed by atoms with Gasteiger partial charge in [0.05, 0.1) is 13.2 Å². The lowest BCUT2D eigenvalue weighted by Crippen LogP contribution is -2.44. The molecule has 2 aliphatic heterocycles. The molecule has 2 saturated heterocycles. The molecule has 0 aliphatic carbocycles. The van der Waals surface area contributed by atoms with Crippen LogP contribution >= 0.6 is 0 Å². The van der Waals surface area contributed by atoms with Crippen molar-refractivity contribution in [3.05, 3.63) is 0 Å². The first-order valence-corrected chi connectivity index (χ1v) is 5.45. The number of ether oxygens (including phenoxy) is 1. The number of amides is 1. The maximum Gasteiger partial charge on any atom is 0.221 e. The van der Waals surface area contributed by atoms with Crippen LogP contribution in [0.3, 0.4) is 0 Å². The van der Waals surface area contributed by atoms with Crippen LogP contribution in [0.15, 0.2) is 0 Å². The Morgan fingerprint density at radius 1 is 1.36 bits per heavy atom. The summed E-state index contributed by atoms with van der Waals surface area (Å²) in [5, 5.41) is 2.92. The summed E-state index contributed by atoms with van der Waals surface area (Å²) in [6.45, 7) is 4.45. The van der Waals surface area contributed by atoms with Gasteiger partial charge in [0.1, 0.15) is 0 Å². The summed E-state index contributed by atoms with van der Waals surface area (Å²) in [6.07, 6.45) is 2.91. The zero-order valence-corrected chi connectivity index (χ0v) is 8.50. The minimum absolute atomic E-state index is 0.207. The molecule has 0 saturated carbocycles. The minimum atomic E-state index is 0.207. The Bertz CT molecular complexity index is 202. The van der Waals surface area contributed by atoms with Crippen LogP contribution in [-0.2, 0) is 9.53 Å². The molecule has 14 heavy (non-hydrogen) atoms. The Morgan fingerprint density at radius 2 is 2.14 bits per heavy atom. The topological polar surface area (TPSA) is 41.6 Å². The number of hydrogen-bond acceptors (Lipinski definition) is 3. The second-order valence-electron chi connectivity index (χ2n) is 4.00. The van der Waals surface area contributed by atoms with Gasteiger partial charge in [-0.2, -0.15) is 0 Å². The average Bonchev–Trinajstić information content (AvgIpc) is 2.44. The number of carbonyl (C=O) groups excluding carboxylic acids is 1. The Balaban J connectivity index is 1.90. The summed E-state index contributed by atoms with van der Waals surface area (Å²) < 4.78 is 5.31. The van der Waals surface area contributed by atoms with Crippen molar-refractivity contribution in [3.8, 4) is 0 Å². The molecule has 2 heterocycles. The molecule has 1 unspecified atom stereocenters. The van der Waals surface area contributed by atoms with Crippen LogP contribution in [0.2, 0.25) is 0 Å². The summed E-state index contributed by atoms with van der Waals surface area (Å²) in [5.74, 6) is 0.207. The van der Waals surface area contributed by atoms with Crippen molar-refractivity contribution >= 4 is 5.91 Å². The highest BCUT2D eigenvalue weighted by Crippen LogP contribution is 2.15. The number of morpholine rings is 1. The van der Waals surface area contributed by atoms with Crippen molar-refractivity contribution < 1.29 is 9.53 Å². The summed E-state index contributed by atoms with van der Waals surface area (Å²) in [4.78, 5) is 13.8. The van der Waals surface area contributed by atoms with Gasteiger partial charge in [-0.25, -0.2) is 0 Å². The van der Waals surface area contributed by atoms with Gasteiger partial charge in [-0.05, 0) is 12.8 Å². The van der Waals surface area contributed by atoms with Crippen molar-refractivity contribution in [2.75, 3.05) is 32.8 Å². The molecule has 1 N–H and O–H groups in total. The molecule has 2 fully saturated rings. The molecule has 4 heteroatoms. The highest BCUT2D eigenvalue weighted by molar-refractivity contribution is 5.76. The second-order valence-corrected chi connectivity index (χ2v) is 4.00. The predicted molar refractivity (Wildman–Crippen MR) is 53.0 cm³/mol. The zero-order valence-electron chi connectivity index (χ0n) is 8.50. The SMILES string of the molecule is O=C1CC(N2CCOCC2)CCCN1. The van der Waals surface area contributed by atoms with E-state index in [0.717, 1.165) is 45.7 Å². The molecule has 2 aliphatic rings. The van der Waals surface area contributed by atoms with Crippen molar-refractivity contribution in [2.24, 2.45) is 0 Å². The van der Waals surface area contributed by atoms with Crippen LogP contribution in [0.1, 0.15) is 19.3 Å². The van der Waals surface area contributed by atoms with Crippen LogP contribution in [0.5, 0.6) is 0 Å². The van der Waals surface area contributed by atoms with Crippen molar-refractivity contribution in [1.82, 2.24) is 10.2 Å². The van der Waals surface area contributed by atoms with E-state index < -0.39 is 0 Å². The molecule has 2 rings (SSSR count). The molecule has 1 amide bonds. The van der Waals surface area contributed by atoms with Gasteiger partial charge < -0.3 is 10.1 Å². The van der Waals surface area contributed by atoms with E-state index in [1.54, 1.807) is 0 Å². The summed E-state index contributed by atoms with van der Waals surface area (Å²) in [7, 11) is 0. The monoisotopic (exact) mass is 198 g/mol. The van der Waals surface area contributed by atoms with E-state index in [2.05, 4.69) is 10.2 Å². The Hall–Kier alpha value is -0.610. The fourth-order valence-electron chi connectivity index (χ4n) is 2.21. The normalized spacial score (nSPS) is 30.9. The first-order chi connectivity index (χ1) is 6.86. The van der Waals surface area contributed by atoms with E-state index in [9.17, 15) is 4.79 Å². The van der Waals surface area contributed by atoms with Crippen molar-refractivity contribution in [1.29, 1.82) is 0 Å². The molecular formula is C10H18N2O2. The van der Waals surface area contributed by atoms with Gasteiger partial charge in [-0.1, -0.05) is 0 Å². The summed E-state index contributed by atoms with van der Waals surface area (Å²) >= 11 is 0. The predicted octanol–water partition coefficient (Wildman–Crippen LogP) is -0.0127. The number of rotatable bonds is 1. The number of nitrogens with one attached hydrogen (secondary N) is 1. The molecule has 0 aromatic carbocycles. The maximum atomic E-state index is 11.4. The van der Waals surface area contributed by atoms with Crippen molar-refractivity contribution in [2.45, 2.75) is 25.3 Å². The first-order valence-electron chi connectivity index (χ1n) is 5.45. The molecular weight excluding hydrogens is 180 g/mol. The van der Waals surface area contributed by atoms with Gasteiger partial charge in [0, 0.05) is 32.1 Å². The Kier molecular flexibility index (Phi) is 3.37. The highest BCUT2D eigenvalue weighted by Gasteiger charge is 2.24. The van der Waals surface area contributed by atoms with Crippen LogP contribution in [0, 0.1) is 0 Å². The first kappa shape index (κ1) is 9.93. The second kappa shape index (κ2) is 4.75. The van der Waals surface area contributed by atoms with Gasteiger partial charge in [0.25, 0.3) is 0 Å². The molecule has 0 aromatic rings. The van der Waals surface area contributed by atoms with E-state index in [0.29, 0.717) is 12.5 Å². The third-order valence-electron chi connectivity index (χ3n) is 3.02. The van der Waals surface area contributed by atoms with E-state index >= 15 is 0 Å².